The summed E-state index contributed by atoms with van der Waals surface area (Å²) in [5, 5.41) is 8.17. The number of hydrogen-bond acceptors (Lipinski definition) is 4. The van der Waals surface area contributed by atoms with Gasteiger partial charge >= 0.3 is 0 Å². The molecule has 0 radical (unpaired) electrons. The average molecular weight is 274 g/mol. The summed E-state index contributed by atoms with van der Waals surface area (Å²) in [6.45, 7) is 9.54. The molecule has 0 saturated heterocycles. The number of nitrogens with zero attached hydrogens (tertiary/aromatic N) is 3. The summed E-state index contributed by atoms with van der Waals surface area (Å²) in [5.74, 6) is 1.37. The van der Waals surface area contributed by atoms with Crippen molar-refractivity contribution in [1.82, 2.24) is 15.0 Å². The summed E-state index contributed by atoms with van der Waals surface area (Å²) >= 11 is 0. The minimum atomic E-state index is -0.103. The minimum Gasteiger partial charge on any atom is -0.494 e. The largest absolute Gasteiger partial charge is 0.494 e. The van der Waals surface area contributed by atoms with Crippen LogP contribution in [0.15, 0.2) is 24.3 Å². The van der Waals surface area contributed by atoms with E-state index in [1.165, 1.54) is 0 Å². The Labute approximate surface area is 119 Å². The van der Waals surface area contributed by atoms with Gasteiger partial charge in [-0.3, -0.25) is 0 Å². The number of aromatic nitrogens is 3. The molecule has 0 aliphatic rings. The highest BCUT2D eigenvalue weighted by Gasteiger charge is 2.24. The molecular formula is C15H22N4O. The third-order valence-corrected chi connectivity index (χ3v) is 3.06. The molecule has 0 aliphatic heterocycles. The van der Waals surface area contributed by atoms with Crippen LogP contribution in [0.1, 0.15) is 39.0 Å². The van der Waals surface area contributed by atoms with Crippen molar-refractivity contribution in [2.24, 2.45) is 0 Å². The van der Waals surface area contributed by atoms with E-state index in [1.807, 2.05) is 35.9 Å². The van der Waals surface area contributed by atoms with E-state index in [0.29, 0.717) is 19.0 Å². The second-order valence-electron chi connectivity index (χ2n) is 5.77. The lowest BCUT2D eigenvalue weighted by Gasteiger charge is -2.20. The Bertz CT molecular complexity index is 584. The van der Waals surface area contributed by atoms with Gasteiger partial charge in [0.05, 0.1) is 18.8 Å². The van der Waals surface area contributed by atoms with Crippen LogP contribution in [0.25, 0.3) is 0 Å². The molecule has 2 rings (SSSR count). The van der Waals surface area contributed by atoms with Gasteiger partial charge in [0.25, 0.3) is 0 Å². The fourth-order valence-electron chi connectivity index (χ4n) is 2.30. The first-order valence-electron chi connectivity index (χ1n) is 6.83. The number of nitrogen functional groups attached to an aromatic ring is 1. The zero-order chi connectivity index (χ0) is 14.8. The lowest BCUT2D eigenvalue weighted by molar-refractivity contribution is 0.334. The molecule has 108 valence electrons. The Morgan fingerprint density at radius 3 is 2.60 bits per heavy atom. The minimum absolute atomic E-state index is 0.103. The second-order valence-corrected chi connectivity index (χ2v) is 5.77. The molecule has 2 aromatic rings. The second kappa shape index (κ2) is 5.53. The van der Waals surface area contributed by atoms with Gasteiger partial charge in [-0.2, -0.15) is 0 Å². The summed E-state index contributed by atoms with van der Waals surface area (Å²) in [6, 6.07) is 7.97. The highest BCUT2D eigenvalue weighted by Crippen LogP contribution is 2.28. The van der Waals surface area contributed by atoms with Gasteiger partial charge in [-0.1, -0.05) is 44.2 Å². The molecule has 0 fully saturated rings. The van der Waals surface area contributed by atoms with Crippen LogP contribution in [0.3, 0.4) is 0 Å². The SMILES string of the molecule is CCOc1ccccc1Cn1nnc(N)c1C(C)(C)C. The molecule has 0 bridgehead atoms. The van der Waals surface area contributed by atoms with Gasteiger partial charge in [0.2, 0.25) is 0 Å². The van der Waals surface area contributed by atoms with Gasteiger partial charge in [-0.05, 0) is 13.0 Å². The predicted molar refractivity (Wildman–Crippen MR) is 79.8 cm³/mol. The Morgan fingerprint density at radius 2 is 1.95 bits per heavy atom. The van der Waals surface area contributed by atoms with Crippen LogP contribution < -0.4 is 10.5 Å². The summed E-state index contributed by atoms with van der Waals surface area (Å²) < 4.78 is 7.50. The van der Waals surface area contributed by atoms with Crippen molar-refractivity contribution in [2.45, 2.75) is 39.7 Å². The van der Waals surface area contributed by atoms with E-state index >= 15 is 0 Å². The summed E-state index contributed by atoms with van der Waals surface area (Å²) in [7, 11) is 0. The Kier molecular flexibility index (Phi) is 3.97. The predicted octanol–water partition coefficient (Wildman–Crippen LogP) is 2.60. The lowest BCUT2D eigenvalue weighted by atomic mass is 9.91. The molecule has 0 unspecified atom stereocenters. The third-order valence-electron chi connectivity index (χ3n) is 3.06. The van der Waals surface area contributed by atoms with E-state index < -0.39 is 0 Å². The molecule has 1 heterocycles. The number of para-hydroxylation sites is 1. The summed E-state index contributed by atoms with van der Waals surface area (Å²) in [6.07, 6.45) is 0. The zero-order valence-electron chi connectivity index (χ0n) is 12.6. The van der Waals surface area contributed by atoms with Crippen molar-refractivity contribution in [1.29, 1.82) is 0 Å². The van der Waals surface area contributed by atoms with Crippen LogP contribution in [-0.4, -0.2) is 21.6 Å². The average Bonchev–Trinajstić information content (AvgIpc) is 2.73. The highest BCUT2D eigenvalue weighted by atomic mass is 16.5. The van der Waals surface area contributed by atoms with Crippen LogP contribution in [-0.2, 0) is 12.0 Å². The van der Waals surface area contributed by atoms with Gasteiger partial charge in [-0.25, -0.2) is 4.68 Å². The summed E-state index contributed by atoms with van der Waals surface area (Å²) in [5.41, 5.74) is 7.87. The van der Waals surface area contributed by atoms with E-state index in [1.54, 1.807) is 0 Å². The Hall–Kier alpha value is -2.04. The first kappa shape index (κ1) is 14.4. The normalized spacial score (nSPS) is 11.6. The van der Waals surface area contributed by atoms with Crippen LogP contribution in [0.2, 0.25) is 0 Å². The number of hydrogen-bond donors (Lipinski definition) is 1. The van der Waals surface area contributed by atoms with Crippen molar-refractivity contribution in [3.05, 3.63) is 35.5 Å². The maximum Gasteiger partial charge on any atom is 0.169 e. The Morgan fingerprint density at radius 1 is 1.25 bits per heavy atom. The van der Waals surface area contributed by atoms with E-state index in [-0.39, 0.29) is 5.41 Å². The quantitative estimate of drug-likeness (QED) is 0.930. The number of anilines is 1. The van der Waals surface area contributed by atoms with E-state index in [0.717, 1.165) is 17.0 Å². The number of rotatable bonds is 4. The van der Waals surface area contributed by atoms with E-state index in [9.17, 15) is 0 Å². The first-order chi connectivity index (χ1) is 9.43. The van der Waals surface area contributed by atoms with Crippen LogP contribution >= 0.6 is 0 Å². The van der Waals surface area contributed by atoms with Crippen LogP contribution in [0, 0.1) is 0 Å². The molecule has 1 aromatic carbocycles. The van der Waals surface area contributed by atoms with Gasteiger partial charge in [-0.15, -0.1) is 5.10 Å². The van der Waals surface area contributed by atoms with E-state index in [2.05, 4.69) is 31.1 Å². The van der Waals surface area contributed by atoms with Crippen molar-refractivity contribution in [2.75, 3.05) is 12.3 Å². The molecular weight excluding hydrogens is 252 g/mol. The van der Waals surface area contributed by atoms with Gasteiger partial charge < -0.3 is 10.5 Å². The maximum absolute atomic E-state index is 5.95. The molecule has 5 nitrogen and oxygen atoms in total. The van der Waals surface area contributed by atoms with Crippen molar-refractivity contribution >= 4 is 5.82 Å². The molecule has 0 amide bonds. The van der Waals surface area contributed by atoms with Gasteiger partial charge in [0.15, 0.2) is 5.82 Å². The van der Waals surface area contributed by atoms with Crippen molar-refractivity contribution < 1.29 is 4.74 Å². The highest BCUT2D eigenvalue weighted by molar-refractivity contribution is 5.39. The molecule has 2 N–H and O–H groups in total. The number of nitrogens with two attached hydrogens (primary N) is 1. The van der Waals surface area contributed by atoms with Crippen molar-refractivity contribution in [3.63, 3.8) is 0 Å². The molecule has 5 heteroatoms. The fourth-order valence-corrected chi connectivity index (χ4v) is 2.30. The van der Waals surface area contributed by atoms with Gasteiger partial charge in [0.1, 0.15) is 5.75 Å². The van der Waals surface area contributed by atoms with Crippen LogP contribution in [0.4, 0.5) is 5.82 Å². The fraction of sp³-hybridized carbons (Fsp3) is 0.467. The monoisotopic (exact) mass is 274 g/mol. The number of ether oxygens (including phenoxy) is 1. The standard InChI is InChI=1S/C15H22N4O/c1-5-20-12-9-7-6-8-11(12)10-19-13(15(2,3)4)14(16)17-18-19/h6-9H,5,10,16H2,1-4H3. The molecule has 0 aliphatic carbocycles. The molecule has 1 aromatic heterocycles. The van der Waals surface area contributed by atoms with Crippen molar-refractivity contribution in [3.8, 4) is 5.75 Å². The molecule has 0 atom stereocenters. The molecule has 20 heavy (non-hydrogen) atoms. The zero-order valence-corrected chi connectivity index (χ0v) is 12.6. The van der Waals surface area contributed by atoms with Crippen LogP contribution in [0.5, 0.6) is 5.75 Å². The van der Waals surface area contributed by atoms with Gasteiger partial charge in [0, 0.05) is 11.0 Å². The van der Waals surface area contributed by atoms with E-state index in [4.69, 9.17) is 10.5 Å². The third kappa shape index (κ3) is 2.92. The number of benzene rings is 1. The molecule has 0 saturated carbocycles. The smallest absolute Gasteiger partial charge is 0.169 e. The topological polar surface area (TPSA) is 66.0 Å². The first-order valence-corrected chi connectivity index (χ1v) is 6.83. The Balaban J connectivity index is 2.36. The molecule has 0 spiro atoms. The lowest BCUT2D eigenvalue weighted by Crippen LogP contribution is -2.20. The maximum atomic E-state index is 5.95. The summed E-state index contributed by atoms with van der Waals surface area (Å²) in [4.78, 5) is 0.